The molecular weight excluding hydrogens is 372 g/mol. The van der Waals surface area contributed by atoms with Gasteiger partial charge in [0.05, 0.1) is 17.0 Å². The molecule has 0 radical (unpaired) electrons. The Bertz CT molecular complexity index is 939. The van der Waals surface area contributed by atoms with Gasteiger partial charge in [0.25, 0.3) is 5.69 Å². The SMILES string of the molecule is COc1cc(/C=C/[N+](=O)[O-])ccc1OC(=O)COc1ccc([N+](=O)[O-])cc1C. The predicted octanol–water partition coefficient (Wildman–Crippen LogP) is 3.14. The minimum Gasteiger partial charge on any atom is -0.493 e. The van der Waals surface area contributed by atoms with E-state index in [-0.39, 0.29) is 17.2 Å². The third kappa shape index (κ3) is 5.53. The molecule has 0 unspecified atom stereocenters. The third-order valence-electron chi connectivity index (χ3n) is 3.52. The number of benzene rings is 2. The number of nitro groups is 2. The number of hydrogen-bond acceptors (Lipinski definition) is 8. The second kappa shape index (κ2) is 9.12. The van der Waals surface area contributed by atoms with E-state index in [0.29, 0.717) is 16.9 Å². The maximum Gasteiger partial charge on any atom is 0.349 e. The molecular formula is C18H16N2O8. The van der Waals surface area contributed by atoms with Gasteiger partial charge in [0, 0.05) is 18.2 Å². The number of carbonyl (C=O) groups is 1. The lowest BCUT2D eigenvalue weighted by Crippen LogP contribution is -2.18. The van der Waals surface area contributed by atoms with Crippen LogP contribution < -0.4 is 14.2 Å². The zero-order valence-corrected chi connectivity index (χ0v) is 15.0. The summed E-state index contributed by atoms with van der Waals surface area (Å²) in [6.45, 7) is 1.19. The normalized spacial score (nSPS) is 10.5. The van der Waals surface area contributed by atoms with Gasteiger partial charge in [0.2, 0.25) is 6.20 Å². The summed E-state index contributed by atoms with van der Waals surface area (Å²) < 4.78 is 15.7. The van der Waals surface area contributed by atoms with E-state index in [2.05, 4.69) is 0 Å². The number of carbonyl (C=O) groups excluding carboxylic acids is 1. The molecule has 10 nitrogen and oxygen atoms in total. The molecule has 2 aromatic rings. The van der Waals surface area contributed by atoms with Gasteiger partial charge in [-0.15, -0.1) is 0 Å². The lowest BCUT2D eigenvalue weighted by molar-refractivity contribution is -0.400. The Morgan fingerprint density at radius 3 is 2.39 bits per heavy atom. The van der Waals surface area contributed by atoms with Crippen LogP contribution in [0.25, 0.3) is 6.08 Å². The van der Waals surface area contributed by atoms with Crippen molar-refractivity contribution < 1.29 is 28.9 Å². The van der Waals surface area contributed by atoms with Crippen molar-refractivity contribution >= 4 is 17.7 Å². The van der Waals surface area contributed by atoms with Crippen molar-refractivity contribution in [1.29, 1.82) is 0 Å². The highest BCUT2D eigenvalue weighted by Gasteiger charge is 2.14. The standard InChI is InChI=1S/C18H16N2O8/c1-12-9-14(20(24)25)4-6-15(12)27-11-18(21)28-16-5-3-13(7-8-19(22)23)10-17(16)26-2/h3-10H,11H2,1-2H3/b8-7+. The second-order valence-electron chi connectivity index (χ2n) is 5.48. The maximum absolute atomic E-state index is 12.0. The van der Waals surface area contributed by atoms with E-state index >= 15 is 0 Å². The fraction of sp³-hybridized carbons (Fsp3) is 0.167. The predicted molar refractivity (Wildman–Crippen MR) is 98.0 cm³/mol. The molecule has 0 saturated carbocycles. The van der Waals surface area contributed by atoms with Crippen LogP contribution in [0.4, 0.5) is 5.69 Å². The molecule has 0 aromatic heterocycles. The molecule has 0 spiro atoms. The zero-order chi connectivity index (χ0) is 20.7. The zero-order valence-electron chi connectivity index (χ0n) is 15.0. The Hall–Kier alpha value is -3.95. The van der Waals surface area contributed by atoms with Crippen LogP contribution in [0, 0.1) is 27.2 Å². The van der Waals surface area contributed by atoms with E-state index in [1.165, 1.54) is 49.6 Å². The van der Waals surface area contributed by atoms with E-state index in [0.717, 1.165) is 6.20 Å². The average molecular weight is 388 g/mol. The minimum absolute atomic E-state index is 0.0802. The fourth-order valence-corrected chi connectivity index (χ4v) is 2.22. The van der Waals surface area contributed by atoms with Gasteiger partial charge in [0.15, 0.2) is 18.1 Å². The van der Waals surface area contributed by atoms with Crippen LogP contribution in [0.1, 0.15) is 11.1 Å². The summed E-state index contributed by atoms with van der Waals surface area (Å²) in [5.74, 6) is -0.0699. The number of methoxy groups -OCH3 is 1. The van der Waals surface area contributed by atoms with Crippen molar-refractivity contribution in [1.82, 2.24) is 0 Å². The molecule has 0 bridgehead atoms. The molecule has 0 fully saturated rings. The molecule has 0 amide bonds. The molecule has 0 atom stereocenters. The molecule has 0 saturated heterocycles. The van der Waals surface area contributed by atoms with Crippen molar-refractivity contribution in [3.05, 3.63) is 74.0 Å². The Balaban J connectivity index is 2.03. The Labute approximate surface area is 159 Å². The minimum atomic E-state index is -0.718. The number of nitrogens with zero attached hydrogens (tertiary/aromatic N) is 2. The summed E-state index contributed by atoms with van der Waals surface area (Å²) in [4.78, 5) is 32.0. The first-order valence-corrected chi connectivity index (χ1v) is 7.88. The van der Waals surface area contributed by atoms with Gasteiger partial charge in [-0.05, 0) is 36.2 Å². The van der Waals surface area contributed by atoms with Crippen LogP contribution in [-0.2, 0) is 4.79 Å². The molecule has 28 heavy (non-hydrogen) atoms. The lowest BCUT2D eigenvalue weighted by atomic mass is 10.2. The Morgan fingerprint density at radius 1 is 1.07 bits per heavy atom. The highest BCUT2D eigenvalue weighted by Crippen LogP contribution is 2.29. The first kappa shape index (κ1) is 20.4. The molecule has 2 aromatic carbocycles. The van der Waals surface area contributed by atoms with E-state index in [4.69, 9.17) is 14.2 Å². The molecule has 0 aliphatic carbocycles. The van der Waals surface area contributed by atoms with Gasteiger partial charge < -0.3 is 14.2 Å². The molecule has 0 N–H and O–H groups in total. The number of non-ortho nitro benzene ring substituents is 1. The van der Waals surface area contributed by atoms with Gasteiger partial charge in [-0.2, -0.15) is 0 Å². The van der Waals surface area contributed by atoms with Gasteiger partial charge in [-0.3, -0.25) is 20.2 Å². The van der Waals surface area contributed by atoms with Gasteiger partial charge >= 0.3 is 5.97 Å². The van der Waals surface area contributed by atoms with E-state index in [1.54, 1.807) is 6.92 Å². The van der Waals surface area contributed by atoms with Crippen LogP contribution in [0.2, 0.25) is 0 Å². The Morgan fingerprint density at radius 2 is 1.79 bits per heavy atom. The summed E-state index contributed by atoms with van der Waals surface area (Å²) in [6, 6.07) is 8.44. The van der Waals surface area contributed by atoms with E-state index in [9.17, 15) is 25.0 Å². The first-order valence-electron chi connectivity index (χ1n) is 7.88. The third-order valence-corrected chi connectivity index (χ3v) is 3.52. The van der Waals surface area contributed by atoms with E-state index in [1.807, 2.05) is 0 Å². The quantitative estimate of drug-likeness (QED) is 0.292. The number of nitro benzene ring substituents is 1. The largest absolute Gasteiger partial charge is 0.493 e. The van der Waals surface area contributed by atoms with Crippen LogP contribution >= 0.6 is 0 Å². The number of esters is 1. The number of ether oxygens (including phenoxy) is 3. The van der Waals surface area contributed by atoms with Gasteiger partial charge in [-0.1, -0.05) is 6.07 Å². The van der Waals surface area contributed by atoms with Crippen molar-refractivity contribution in [2.45, 2.75) is 6.92 Å². The topological polar surface area (TPSA) is 131 Å². The summed E-state index contributed by atoms with van der Waals surface area (Å²) in [5, 5.41) is 21.1. The molecule has 2 rings (SSSR count). The highest BCUT2D eigenvalue weighted by molar-refractivity contribution is 5.75. The van der Waals surface area contributed by atoms with E-state index < -0.39 is 22.4 Å². The van der Waals surface area contributed by atoms with Crippen molar-refractivity contribution in [3.63, 3.8) is 0 Å². The smallest absolute Gasteiger partial charge is 0.349 e. The summed E-state index contributed by atoms with van der Waals surface area (Å²) in [5.41, 5.74) is 0.913. The van der Waals surface area contributed by atoms with Gasteiger partial charge in [0.1, 0.15) is 5.75 Å². The van der Waals surface area contributed by atoms with Crippen molar-refractivity contribution in [2.24, 2.45) is 0 Å². The second-order valence-corrected chi connectivity index (χ2v) is 5.48. The number of aryl methyl sites for hydroxylation is 1. The van der Waals surface area contributed by atoms with Crippen molar-refractivity contribution in [2.75, 3.05) is 13.7 Å². The molecule has 0 heterocycles. The molecule has 146 valence electrons. The molecule has 0 aliphatic rings. The van der Waals surface area contributed by atoms with Crippen LogP contribution in [0.15, 0.2) is 42.6 Å². The number of rotatable bonds is 8. The van der Waals surface area contributed by atoms with Crippen molar-refractivity contribution in [3.8, 4) is 17.2 Å². The van der Waals surface area contributed by atoms with Gasteiger partial charge in [-0.25, -0.2) is 4.79 Å². The van der Waals surface area contributed by atoms with Crippen LogP contribution in [-0.4, -0.2) is 29.5 Å². The fourth-order valence-electron chi connectivity index (χ4n) is 2.22. The maximum atomic E-state index is 12.0. The van der Waals surface area contributed by atoms with Crippen LogP contribution in [0.5, 0.6) is 17.2 Å². The first-order chi connectivity index (χ1) is 13.3. The number of hydrogen-bond donors (Lipinski definition) is 0. The summed E-state index contributed by atoms with van der Waals surface area (Å²) >= 11 is 0. The Kier molecular flexibility index (Phi) is 6.63. The monoisotopic (exact) mass is 388 g/mol. The molecule has 0 aliphatic heterocycles. The lowest BCUT2D eigenvalue weighted by Gasteiger charge is -2.11. The average Bonchev–Trinajstić information content (AvgIpc) is 2.65. The van der Waals surface area contributed by atoms with Crippen LogP contribution in [0.3, 0.4) is 0 Å². The highest BCUT2D eigenvalue weighted by atomic mass is 16.6. The summed E-state index contributed by atoms with van der Waals surface area (Å²) in [7, 11) is 1.37. The molecule has 10 heteroatoms. The summed E-state index contributed by atoms with van der Waals surface area (Å²) in [6.07, 6.45) is 2.05.